The molecule has 0 aromatic heterocycles. The van der Waals surface area contributed by atoms with E-state index in [4.69, 9.17) is 0 Å². The second-order valence-corrected chi connectivity index (χ2v) is 24.4. The van der Waals surface area contributed by atoms with E-state index >= 15 is 0 Å². The molecule has 0 aromatic rings. The molecule has 306 valence electrons. The maximum atomic E-state index is 13.3. The summed E-state index contributed by atoms with van der Waals surface area (Å²) in [7, 11) is -60.5. The Morgan fingerprint density at radius 1 is 0.275 bits per heavy atom. The van der Waals surface area contributed by atoms with E-state index in [0.29, 0.717) is 0 Å². The summed E-state index contributed by atoms with van der Waals surface area (Å²) in [4.78, 5) is 0. The topological polar surface area (TPSA) is 107 Å². The minimum atomic E-state index is -10.8. The first-order chi connectivity index (χ1) is 21.5. The minimum absolute atomic E-state index is 1.93. The fraction of sp³-hybridized carbons (Fsp3) is 1.00. The molecule has 0 atom stereocenters. The lowest BCUT2D eigenvalue weighted by atomic mass is 11.4. The molecule has 0 bridgehead atoms. The van der Waals surface area contributed by atoms with E-state index in [2.05, 4.69) is 12.9 Å². The molecule has 1 saturated heterocycles. The van der Waals surface area contributed by atoms with Crippen LogP contribution in [0.3, 0.4) is 0 Å². The number of rotatable bonds is 6. The van der Waals surface area contributed by atoms with Gasteiger partial charge in [0, 0.05) is 0 Å². The fourth-order valence-corrected chi connectivity index (χ4v) is 20.3. The highest BCUT2D eigenvalue weighted by atomic mass is 31.3. The highest BCUT2D eigenvalue weighted by molar-refractivity contribution is 7.76. The van der Waals surface area contributed by atoms with Crippen molar-refractivity contribution in [2.45, 2.75) is 52.2 Å². The molecule has 1 aliphatic heterocycles. The van der Waals surface area contributed by atoms with Crippen LogP contribution in [0.25, 0.3) is 0 Å². The monoisotopic (exact) mass is 942 g/mol. The van der Waals surface area contributed by atoms with Gasteiger partial charge in [0.15, 0.2) is 0 Å². The van der Waals surface area contributed by atoms with Gasteiger partial charge in [-0.2, -0.15) is 131 Å². The van der Waals surface area contributed by atoms with Crippen molar-refractivity contribution in [1.29, 1.82) is 0 Å². The van der Waals surface area contributed by atoms with Gasteiger partial charge in [0.25, 0.3) is 0 Å². The van der Waals surface area contributed by atoms with Crippen LogP contribution < -0.4 is 0 Å². The summed E-state index contributed by atoms with van der Waals surface area (Å²) in [5.41, 5.74) is 0. The average molecular weight is 942 g/mol. The highest BCUT2D eigenvalue weighted by Gasteiger charge is 2.96. The van der Waals surface area contributed by atoms with Crippen molar-refractivity contribution in [3.63, 3.8) is 0 Å². The number of phosphoric acid groups is 3. The largest absolute Gasteiger partial charge is 0.556 e. The molecule has 0 N–H and O–H groups in total. The summed E-state index contributed by atoms with van der Waals surface area (Å²) in [5.74, 6) is -75.4. The minimum Gasteiger partial charge on any atom is -0.301 e. The molecule has 9 nitrogen and oxygen atoms in total. The Labute approximate surface area is 259 Å². The van der Waals surface area contributed by atoms with Gasteiger partial charge in [-0.25, -0.2) is 13.7 Å². The van der Waals surface area contributed by atoms with Gasteiger partial charge in [0.1, 0.15) is 0 Å². The van der Waals surface area contributed by atoms with Crippen molar-refractivity contribution in [3.8, 4) is 0 Å². The highest BCUT2D eigenvalue weighted by Crippen LogP contribution is 2.86. The van der Waals surface area contributed by atoms with Crippen molar-refractivity contribution in [2.75, 3.05) is 0 Å². The Morgan fingerprint density at radius 3 is 0.451 bits per heavy atom. The first-order valence-corrected chi connectivity index (χ1v) is 20.3. The predicted molar refractivity (Wildman–Crippen MR) is 101 cm³/mol. The molecule has 0 spiro atoms. The summed E-state index contributed by atoms with van der Waals surface area (Å²) < 4.78 is 410. The molecule has 0 saturated carbocycles. The molecule has 51 heavy (non-hydrogen) atoms. The van der Waals surface area contributed by atoms with Crippen LogP contribution in [0.5, 0.6) is 0 Å². The van der Waals surface area contributed by atoms with E-state index in [0.717, 1.165) is 0 Å². The SMILES string of the molecule is O=P1(O[Si](C(F)(F)F)(C(F)(F)F)C(F)(F)F)OP(=O)(O[Si](C(F)(F)F)(C(F)(F)F)C(F)(F)F)OP(=O)(O[Si](C(F)(F)F)(C(F)(F)F)C(F)(F)F)O1. The summed E-state index contributed by atoms with van der Waals surface area (Å²) in [6.07, 6.45) is 0. The maximum absolute atomic E-state index is 13.3. The van der Waals surface area contributed by atoms with Crippen molar-refractivity contribution < 1.29 is 158 Å². The number of halogens is 27. The van der Waals surface area contributed by atoms with Crippen LogP contribution in [0, 0.1) is 0 Å². The van der Waals surface area contributed by atoms with Crippen molar-refractivity contribution in [2.24, 2.45) is 0 Å². The third-order valence-electron chi connectivity index (χ3n) is 4.94. The molecule has 0 aromatic carbocycles. The molecule has 1 aliphatic rings. The molecule has 0 radical (unpaired) electrons. The van der Waals surface area contributed by atoms with Crippen LogP contribution in [-0.4, -0.2) is 77.1 Å². The first-order valence-electron chi connectivity index (χ1n) is 10.2. The number of hydrogen-bond donors (Lipinski definition) is 0. The molecular formula is C9F27O9P3Si3. The normalized spacial score (nSPS) is 26.4. The Morgan fingerprint density at radius 2 is 0.373 bits per heavy atom. The number of hydrogen-bond acceptors (Lipinski definition) is 9. The van der Waals surface area contributed by atoms with E-state index in [-0.39, 0.29) is 0 Å². The van der Waals surface area contributed by atoms with E-state index < -0.39 is 101 Å². The summed E-state index contributed by atoms with van der Waals surface area (Å²) in [6, 6.07) is 0. The van der Waals surface area contributed by atoms with Crippen LogP contribution in [0.1, 0.15) is 0 Å². The Hall–Kier alpha value is -0.789. The molecule has 1 fully saturated rings. The van der Waals surface area contributed by atoms with E-state index in [1.165, 1.54) is 0 Å². The second-order valence-electron chi connectivity index (χ2n) is 8.38. The molecule has 0 amide bonds. The molecular weight excluding hydrogens is 942 g/mol. The molecule has 42 heteroatoms. The van der Waals surface area contributed by atoms with E-state index in [1.54, 1.807) is 0 Å². The lowest BCUT2D eigenvalue weighted by molar-refractivity contribution is -0.185. The average Bonchev–Trinajstić information content (AvgIpc) is 2.71. The summed E-state index contributed by atoms with van der Waals surface area (Å²) in [6.45, 7) is 0. The zero-order valence-corrected chi connectivity index (χ0v) is 26.9. The standard InChI is InChI=1S/C9F27O9P3Si3/c10-1(11,12)49(2(13,14)15,3(16,17)18)43-46(37)40-47(38,44-50(4(19,20)21,5(22,23)24)6(25,26)27)42-48(39,41-46)45-51(7(28,29)30,8(31,32)33)9(34,35)36. The third-order valence-corrected chi connectivity index (χ3v) is 22.9. The number of alkyl halides is 27. The predicted octanol–water partition coefficient (Wildman–Crippen LogP) is 10.2. The van der Waals surface area contributed by atoms with Gasteiger partial charge < -0.3 is 12.6 Å². The lowest BCUT2D eigenvalue weighted by Gasteiger charge is -2.42. The van der Waals surface area contributed by atoms with Crippen LogP contribution in [0.2, 0.25) is 0 Å². The van der Waals surface area contributed by atoms with Crippen LogP contribution in [-0.2, 0) is 39.3 Å². The quantitative estimate of drug-likeness (QED) is 0.146. The first kappa shape index (κ1) is 48.2. The summed E-state index contributed by atoms with van der Waals surface area (Å²) in [5, 5.41) is 0. The van der Waals surface area contributed by atoms with E-state index in [9.17, 15) is 132 Å². The van der Waals surface area contributed by atoms with Crippen molar-refractivity contribution in [1.82, 2.24) is 0 Å². The fourth-order valence-electron chi connectivity index (χ4n) is 2.93. The van der Waals surface area contributed by atoms with Crippen molar-refractivity contribution in [3.05, 3.63) is 0 Å². The molecule has 0 aliphatic carbocycles. The van der Waals surface area contributed by atoms with E-state index in [1.807, 2.05) is 12.6 Å². The Bertz CT molecular complexity index is 1150. The Kier molecular flexibility index (Phi) is 11.9. The van der Waals surface area contributed by atoms with Crippen molar-refractivity contribution >= 4 is 48.4 Å². The maximum Gasteiger partial charge on any atom is 0.556 e. The van der Waals surface area contributed by atoms with Gasteiger partial charge in [0.2, 0.25) is 0 Å². The molecule has 1 heterocycles. The second kappa shape index (κ2) is 12.6. The molecule has 1 rings (SSSR count). The summed E-state index contributed by atoms with van der Waals surface area (Å²) >= 11 is 0. The van der Waals surface area contributed by atoms with Crippen LogP contribution in [0.15, 0.2) is 0 Å². The molecule has 0 unspecified atom stereocenters. The third kappa shape index (κ3) is 8.12. The van der Waals surface area contributed by atoms with Gasteiger partial charge in [-0.05, 0) is 0 Å². The Balaban J connectivity index is 4.58. The zero-order valence-electron chi connectivity index (χ0n) is 21.2. The zero-order chi connectivity index (χ0) is 41.7. The van der Waals surface area contributed by atoms with Gasteiger partial charge in [0.05, 0.1) is 0 Å². The smallest absolute Gasteiger partial charge is 0.301 e. The van der Waals surface area contributed by atoms with Gasteiger partial charge in [-0.15, -0.1) is 0 Å². The van der Waals surface area contributed by atoms with Gasteiger partial charge in [-0.1, -0.05) is 0 Å². The van der Waals surface area contributed by atoms with Gasteiger partial charge in [-0.3, -0.25) is 0 Å². The van der Waals surface area contributed by atoms with Crippen LogP contribution in [0.4, 0.5) is 119 Å². The van der Waals surface area contributed by atoms with Crippen LogP contribution >= 0.6 is 23.5 Å². The lowest BCUT2D eigenvalue weighted by Crippen LogP contribution is -2.74. The van der Waals surface area contributed by atoms with Gasteiger partial charge >= 0.3 is 101 Å².